The van der Waals surface area contributed by atoms with E-state index in [0.29, 0.717) is 6.10 Å². The first kappa shape index (κ1) is 8.45. The van der Waals surface area contributed by atoms with Crippen molar-refractivity contribution in [1.82, 2.24) is 0 Å². The van der Waals surface area contributed by atoms with Crippen LogP contribution in [0.5, 0.6) is 0 Å². The number of hydrogen-bond acceptors (Lipinski definition) is 1. The van der Waals surface area contributed by atoms with Crippen molar-refractivity contribution in [2.24, 2.45) is 0 Å². The number of ether oxygens (including phenoxy) is 1. The Kier molecular flexibility index (Phi) is 1.85. The molecule has 1 saturated heterocycles. The standard InChI is InChI=1S/C12H9BrO/c13-11-6-5-10(12-7-14-12)8-3-1-2-4-9(8)11/h1-6,12H,7H2. The maximum atomic E-state index is 5.33. The van der Waals surface area contributed by atoms with Crippen LogP contribution in [0.4, 0.5) is 0 Å². The lowest BCUT2D eigenvalue weighted by Gasteiger charge is -2.05. The van der Waals surface area contributed by atoms with Crippen LogP contribution in [0.15, 0.2) is 40.9 Å². The number of halogens is 1. The highest BCUT2D eigenvalue weighted by molar-refractivity contribution is 9.10. The summed E-state index contributed by atoms with van der Waals surface area (Å²) in [5, 5.41) is 2.56. The third kappa shape index (κ3) is 1.26. The van der Waals surface area contributed by atoms with Crippen LogP contribution in [0.1, 0.15) is 11.7 Å². The molecular formula is C12H9BrO. The second kappa shape index (κ2) is 3.07. The summed E-state index contributed by atoms with van der Waals surface area (Å²) in [5.74, 6) is 0. The Balaban J connectivity index is 2.35. The van der Waals surface area contributed by atoms with Gasteiger partial charge in [0.05, 0.1) is 6.61 Å². The Morgan fingerprint density at radius 1 is 1.07 bits per heavy atom. The first-order valence-electron chi connectivity index (χ1n) is 4.65. The minimum atomic E-state index is 0.327. The topological polar surface area (TPSA) is 12.5 Å². The lowest BCUT2D eigenvalue weighted by Crippen LogP contribution is -1.84. The Morgan fingerprint density at radius 3 is 2.50 bits per heavy atom. The predicted octanol–water partition coefficient (Wildman–Crippen LogP) is 3.67. The second-order valence-electron chi connectivity index (χ2n) is 3.50. The summed E-state index contributed by atoms with van der Waals surface area (Å²) >= 11 is 3.56. The third-order valence-electron chi connectivity index (χ3n) is 2.58. The summed E-state index contributed by atoms with van der Waals surface area (Å²) in [5.41, 5.74) is 1.31. The molecule has 0 spiro atoms. The Bertz CT molecular complexity index is 489. The van der Waals surface area contributed by atoms with Crippen molar-refractivity contribution in [3.8, 4) is 0 Å². The first-order valence-corrected chi connectivity index (χ1v) is 5.44. The summed E-state index contributed by atoms with van der Waals surface area (Å²) in [6.07, 6.45) is 0.327. The predicted molar refractivity (Wildman–Crippen MR) is 60.3 cm³/mol. The molecule has 1 aliphatic heterocycles. The van der Waals surface area contributed by atoms with Gasteiger partial charge in [-0.25, -0.2) is 0 Å². The van der Waals surface area contributed by atoms with Crippen molar-refractivity contribution in [2.45, 2.75) is 6.10 Å². The number of hydrogen-bond donors (Lipinski definition) is 0. The van der Waals surface area contributed by atoms with Gasteiger partial charge in [-0.2, -0.15) is 0 Å². The SMILES string of the molecule is Brc1ccc(C2CO2)c2ccccc12. The van der Waals surface area contributed by atoms with Crippen LogP contribution in [0, 0.1) is 0 Å². The van der Waals surface area contributed by atoms with Gasteiger partial charge in [0.1, 0.15) is 6.10 Å². The van der Waals surface area contributed by atoms with E-state index < -0.39 is 0 Å². The average Bonchev–Trinajstić information content (AvgIpc) is 3.03. The molecule has 14 heavy (non-hydrogen) atoms. The van der Waals surface area contributed by atoms with Gasteiger partial charge >= 0.3 is 0 Å². The van der Waals surface area contributed by atoms with Gasteiger partial charge in [-0.3, -0.25) is 0 Å². The van der Waals surface area contributed by atoms with Crippen molar-refractivity contribution in [3.05, 3.63) is 46.4 Å². The van der Waals surface area contributed by atoms with Gasteiger partial charge in [-0.15, -0.1) is 0 Å². The summed E-state index contributed by atoms with van der Waals surface area (Å²) in [6, 6.07) is 12.6. The van der Waals surface area contributed by atoms with Crippen molar-refractivity contribution in [2.75, 3.05) is 6.61 Å². The molecule has 70 valence electrons. The molecule has 0 N–H and O–H groups in total. The number of fused-ring (bicyclic) bond motifs is 1. The molecule has 2 heteroatoms. The maximum absolute atomic E-state index is 5.33. The molecule has 0 aliphatic carbocycles. The fraction of sp³-hybridized carbons (Fsp3) is 0.167. The summed E-state index contributed by atoms with van der Waals surface area (Å²) in [4.78, 5) is 0. The average molecular weight is 249 g/mol. The molecule has 1 heterocycles. The summed E-state index contributed by atoms with van der Waals surface area (Å²) in [6.45, 7) is 0.867. The van der Waals surface area contributed by atoms with E-state index >= 15 is 0 Å². The molecule has 1 fully saturated rings. The van der Waals surface area contributed by atoms with Crippen LogP contribution in [-0.2, 0) is 4.74 Å². The minimum absolute atomic E-state index is 0.327. The van der Waals surface area contributed by atoms with E-state index in [4.69, 9.17) is 4.74 Å². The Hall–Kier alpha value is -0.860. The highest BCUT2D eigenvalue weighted by atomic mass is 79.9. The van der Waals surface area contributed by atoms with E-state index in [9.17, 15) is 0 Å². The van der Waals surface area contributed by atoms with E-state index in [0.717, 1.165) is 11.1 Å². The van der Waals surface area contributed by atoms with E-state index in [-0.39, 0.29) is 0 Å². The second-order valence-corrected chi connectivity index (χ2v) is 4.36. The molecule has 0 saturated carbocycles. The van der Waals surface area contributed by atoms with Crippen LogP contribution in [0.3, 0.4) is 0 Å². The molecule has 2 aromatic carbocycles. The van der Waals surface area contributed by atoms with Gasteiger partial charge in [-0.05, 0) is 22.4 Å². The van der Waals surface area contributed by atoms with Crippen LogP contribution in [0.2, 0.25) is 0 Å². The fourth-order valence-electron chi connectivity index (χ4n) is 1.79. The lowest BCUT2D eigenvalue weighted by molar-refractivity contribution is 0.417. The normalized spacial score (nSPS) is 19.9. The molecule has 1 unspecified atom stereocenters. The van der Waals surface area contributed by atoms with E-state index in [1.165, 1.54) is 16.3 Å². The molecule has 0 bridgehead atoms. The molecule has 1 aliphatic rings. The number of benzene rings is 2. The minimum Gasteiger partial charge on any atom is -0.368 e. The molecule has 0 amide bonds. The van der Waals surface area contributed by atoms with E-state index in [2.05, 4.69) is 52.3 Å². The molecule has 0 aromatic heterocycles. The lowest BCUT2D eigenvalue weighted by atomic mass is 10.0. The zero-order chi connectivity index (χ0) is 9.54. The van der Waals surface area contributed by atoms with Crippen LogP contribution < -0.4 is 0 Å². The van der Waals surface area contributed by atoms with Gasteiger partial charge in [0, 0.05) is 4.47 Å². The van der Waals surface area contributed by atoms with Crippen LogP contribution in [-0.4, -0.2) is 6.61 Å². The monoisotopic (exact) mass is 248 g/mol. The van der Waals surface area contributed by atoms with Gasteiger partial charge in [-0.1, -0.05) is 46.3 Å². The molecule has 1 nitrogen and oxygen atoms in total. The van der Waals surface area contributed by atoms with Crippen LogP contribution >= 0.6 is 15.9 Å². The molecule has 2 aromatic rings. The van der Waals surface area contributed by atoms with Crippen molar-refractivity contribution in [1.29, 1.82) is 0 Å². The summed E-state index contributed by atoms with van der Waals surface area (Å²) < 4.78 is 6.48. The van der Waals surface area contributed by atoms with Gasteiger partial charge < -0.3 is 4.74 Å². The molecule has 3 rings (SSSR count). The van der Waals surface area contributed by atoms with Gasteiger partial charge in [0.25, 0.3) is 0 Å². The Labute approximate surface area is 90.8 Å². The maximum Gasteiger partial charge on any atom is 0.107 e. The zero-order valence-corrected chi connectivity index (χ0v) is 9.12. The fourth-order valence-corrected chi connectivity index (χ4v) is 2.27. The van der Waals surface area contributed by atoms with Crippen molar-refractivity contribution >= 4 is 26.7 Å². The smallest absolute Gasteiger partial charge is 0.107 e. The first-order chi connectivity index (χ1) is 6.86. The number of epoxide rings is 1. The molecule has 0 radical (unpaired) electrons. The van der Waals surface area contributed by atoms with E-state index in [1.807, 2.05) is 0 Å². The van der Waals surface area contributed by atoms with E-state index in [1.54, 1.807) is 0 Å². The zero-order valence-electron chi connectivity index (χ0n) is 7.53. The third-order valence-corrected chi connectivity index (χ3v) is 3.28. The number of rotatable bonds is 1. The molecular weight excluding hydrogens is 240 g/mol. The highest BCUT2D eigenvalue weighted by Crippen LogP contribution is 2.37. The Morgan fingerprint density at radius 2 is 1.79 bits per heavy atom. The van der Waals surface area contributed by atoms with Crippen molar-refractivity contribution < 1.29 is 4.74 Å². The molecule has 1 atom stereocenters. The highest BCUT2D eigenvalue weighted by Gasteiger charge is 2.26. The summed E-state index contributed by atoms with van der Waals surface area (Å²) in [7, 11) is 0. The van der Waals surface area contributed by atoms with Crippen LogP contribution in [0.25, 0.3) is 10.8 Å². The quantitative estimate of drug-likeness (QED) is 0.702. The van der Waals surface area contributed by atoms with Gasteiger partial charge in [0.15, 0.2) is 0 Å². The van der Waals surface area contributed by atoms with Crippen molar-refractivity contribution in [3.63, 3.8) is 0 Å². The largest absolute Gasteiger partial charge is 0.368 e. The van der Waals surface area contributed by atoms with Gasteiger partial charge in [0.2, 0.25) is 0 Å².